The molecule has 0 saturated carbocycles. The van der Waals surface area contributed by atoms with Gasteiger partial charge in [0.15, 0.2) is 0 Å². The van der Waals surface area contributed by atoms with Gasteiger partial charge in [-0.05, 0) is 51.1 Å². The fraction of sp³-hybridized carbons (Fsp3) is 0.333. The fourth-order valence-electron chi connectivity index (χ4n) is 2.95. The summed E-state index contributed by atoms with van der Waals surface area (Å²) in [4.78, 5) is 26.0. The average molecular weight is 371 g/mol. The van der Waals surface area contributed by atoms with Crippen molar-refractivity contribution in [1.29, 1.82) is 0 Å². The number of benzene rings is 2. The van der Waals surface area contributed by atoms with Crippen molar-refractivity contribution in [1.82, 2.24) is 4.90 Å². The lowest BCUT2D eigenvalue weighted by Crippen LogP contribution is -2.32. The highest BCUT2D eigenvalue weighted by atomic mass is 19.1. The molecule has 0 aromatic heterocycles. The first-order valence-corrected chi connectivity index (χ1v) is 8.87. The molecule has 0 bridgehead atoms. The lowest BCUT2D eigenvalue weighted by molar-refractivity contribution is -0.119. The molecule has 2 amide bonds. The van der Waals surface area contributed by atoms with E-state index in [1.54, 1.807) is 24.1 Å². The average Bonchev–Trinajstić information content (AvgIpc) is 2.58. The van der Waals surface area contributed by atoms with E-state index in [9.17, 15) is 14.0 Å². The number of carbonyl (C=O) groups is 2. The number of hydrogen-bond acceptors (Lipinski definition) is 3. The molecular weight excluding hydrogens is 345 g/mol. The van der Waals surface area contributed by atoms with Gasteiger partial charge >= 0.3 is 0 Å². The molecule has 2 aromatic rings. The van der Waals surface area contributed by atoms with Crippen LogP contribution >= 0.6 is 0 Å². The molecule has 5 nitrogen and oxygen atoms in total. The van der Waals surface area contributed by atoms with Crippen molar-refractivity contribution in [2.75, 3.05) is 30.8 Å². The minimum atomic E-state index is -0.470. The van der Waals surface area contributed by atoms with E-state index in [-0.39, 0.29) is 30.5 Å². The summed E-state index contributed by atoms with van der Waals surface area (Å²) >= 11 is 0. The first kappa shape index (κ1) is 20.6. The van der Waals surface area contributed by atoms with Crippen LogP contribution < -0.4 is 10.6 Å². The van der Waals surface area contributed by atoms with E-state index >= 15 is 0 Å². The Morgan fingerprint density at radius 3 is 2.26 bits per heavy atom. The zero-order valence-corrected chi connectivity index (χ0v) is 16.2. The third kappa shape index (κ3) is 6.18. The van der Waals surface area contributed by atoms with E-state index in [2.05, 4.69) is 10.6 Å². The van der Waals surface area contributed by atoms with Crippen LogP contribution in [0.15, 0.2) is 36.4 Å². The molecule has 0 fully saturated rings. The molecule has 27 heavy (non-hydrogen) atoms. The molecule has 0 unspecified atom stereocenters. The maximum Gasteiger partial charge on any atom is 0.238 e. The van der Waals surface area contributed by atoms with E-state index in [0.717, 1.165) is 22.4 Å². The summed E-state index contributed by atoms with van der Waals surface area (Å²) in [7, 11) is 1.77. The second-order valence-corrected chi connectivity index (χ2v) is 6.84. The largest absolute Gasteiger partial charge is 0.324 e. The molecule has 2 N–H and O–H groups in total. The molecule has 0 aliphatic rings. The number of rotatable bonds is 7. The van der Waals surface area contributed by atoms with Gasteiger partial charge in [0, 0.05) is 18.7 Å². The van der Waals surface area contributed by atoms with Crippen molar-refractivity contribution in [2.24, 2.45) is 0 Å². The summed E-state index contributed by atoms with van der Waals surface area (Å²) in [6.45, 7) is 6.50. The predicted molar refractivity (Wildman–Crippen MR) is 106 cm³/mol. The van der Waals surface area contributed by atoms with Gasteiger partial charge in [-0.15, -0.1) is 0 Å². The van der Waals surface area contributed by atoms with Crippen molar-refractivity contribution >= 4 is 23.2 Å². The number of nitrogens with one attached hydrogen (secondary N) is 2. The van der Waals surface area contributed by atoms with Crippen LogP contribution in [0.3, 0.4) is 0 Å². The van der Waals surface area contributed by atoms with Crippen molar-refractivity contribution < 1.29 is 14.0 Å². The summed E-state index contributed by atoms with van der Waals surface area (Å²) in [6, 6.07) is 10.1. The Morgan fingerprint density at radius 1 is 1.00 bits per heavy atom. The lowest BCUT2D eigenvalue weighted by atomic mass is 10.1. The molecule has 2 rings (SSSR count). The fourth-order valence-corrected chi connectivity index (χ4v) is 2.95. The van der Waals surface area contributed by atoms with Crippen LogP contribution in [0.5, 0.6) is 0 Å². The number of hydrogen-bond donors (Lipinski definition) is 2. The van der Waals surface area contributed by atoms with Crippen LogP contribution in [0.4, 0.5) is 15.8 Å². The molecule has 2 aromatic carbocycles. The van der Waals surface area contributed by atoms with E-state index in [4.69, 9.17) is 0 Å². The maximum absolute atomic E-state index is 13.5. The number of anilines is 2. The molecule has 0 heterocycles. The number of para-hydroxylation sites is 1. The number of likely N-dealkylation sites (N-methyl/N-ethyl adjacent to an activating group) is 1. The highest BCUT2D eigenvalue weighted by Crippen LogP contribution is 2.21. The van der Waals surface area contributed by atoms with Crippen LogP contribution in [0, 0.1) is 26.6 Å². The maximum atomic E-state index is 13.5. The Hall–Kier alpha value is -2.73. The monoisotopic (exact) mass is 371 g/mol. The smallest absolute Gasteiger partial charge is 0.238 e. The summed E-state index contributed by atoms with van der Waals surface area (Å²) in [6.07, 6.45) is 0.167. The first-order chi connectivity index (χ1) is 12.8. The summed E-state index contributed by atoms with van der Waals surface area (Å²) in [5, 5.41) is 5.48. The Balaban J connectivity index is 1.81. The second kappa shape index (κ2) is 9.28. The highest BCUT2D eigenvalue weighted by molar-refractivity contribution is 5.94. The quantitative estimate of drug-likeness (QED) is 0.781. The Bertz CT molecular complexity index is 813. The Morgan fingerprint density at radius 2 is 1.63 bits per heavy atom. The predicted octanol–water partition coefficient (Wildman–Crippen LogP) is 3.65. The summed E-state index contributed by atoms with van der Waals surface area (Å²) in [5.41, 5.74) is 4.19. The van der Waals surface area contributed by atoms with Gasteiger partial charge in [-0.1, -0.05) is 29.8 Å². The molecule has 0 atom stereocenters. The van der Waals surface area contributed by atoms with Crippen LogP contribution in [-0.2, 0) is 9.59 Å². The Labute approximate surface area is 159 Å². The third-order valence-corrected chi connectivity index (χ3v) is 4.22. The van der Waals surface area contributed by atoms with Crippen LogP contribution in [-0.4, -0.2) is 36.9 Å². The standard InChI is InChI=1S/C21H26FN3O2/c1-14-11-15(2)21(16(3)12-14)24-20(27)13-25(4)10-9-19(26)23-18-8-6-5-7-17(18)22/h5-8,11-12H,9-10,13H2,1-4H3,(H,23,26)(H,24,27). The summed E-state index contributed by atoms with van der Waals surface area (Å²) in [5.74, 6) is -0.901. The number of amides is 2. The number of aryl methyl sites for hydroxylation is 3. The molecule has 6 heteroatoms. The van der Waals surface area contributed by atoms with Crippen LogP contribution in [0.25, 0.3) is 0 Å². The third-order valence-electron chi connectivity index (χ3n) is 4.22. The van der Waals surface area contributed by atoms with Crippen molar-refractivity contribution in [2.45, 2.75) is 27.2 Å². The van der Waals surface area contributed by atoms with Crippen molar-refractivity contribution in [3.05, 3.63) is 58.9 Å². The first-order valence-electron chi connectivity index (χ1n) is 8.87. The van der Waals surface area contributed by atoms with E-state index in [1.165, 1.54) is 12.1 Å². The van der Waals surface area contributed by atoms with E-state index < -0.39 is 5.82 Å². The number of halogens is 1. The SMILES string of the molecule is Cc1cc(C)c(NC(=O)CN(C)CCC(=O)Nc2ccccc2F)c(C)c1. The van der Waals surface area contributed by atoms with Crippen LogP contribution in [0.2, 0.25) is 0 Å². The molecule has 0 aliphatic carbocycles. The van der Waals surface area contributed by atoms with Gasteiger partial charge in [0.1, 0.15) is 5.82 Å². The van der Waals surface area contributed by atoms with Gasteiger partial charge in [0.2, 0.25) is 11.8 Å². The topological polar surface area (TPSA) is 61.4 Å². The molecule has 0 radical (unpaired) electrons. The molecular formula is C21H26FN3O2. The summed E-state index contributed by atoms with van der Waals surface area (Å²) < 4.78 is 13.5. The highest BCUT2D eigenvalue weighted by Gasteiger charge is 2.12. The molecule has 0 aliphatic heterocycles. The molecule has 0 saturated heterocycles. The zero-order valence-electron chi connectivity index (χ0n) is 16.2. The van der Waals surface area contributed by atoms with Gasteiger partial charge in [-0.2, -0.15) is 0 Å². The molecule has 144 valence electrons. The van der Waals surface area contributed by atoms with Crippen molar-refractivity contribution in [3.63, 3.8) is 0 Å². The van der Waals surface area contributed by atoms with E-state index in [1.807, 2.05) is 32.9 Å². The van der Waals surface area contributed by atoms with Gasteiger partial charge in [-0.25, -0.2) is 4.39 Å². The zero-order chi connectivity index (χ0) is 20.0. The minimum Gasteiger partial charge on any atom is -0.324 e. The molecule has 0 spiro atoms. The van der Waals surface area contributed by atoms with Crippen molar-refractivity contribution in [3.8, 4) is 0 Å². The Kier molecular flexibility index (Phi) is 7.07. The minimum absolute atomic E-state index is 0.137. The lowest BCUT2D eigenvalue weighted by Gasteiger charge is -2.18. The number of carbonyl (C=O) groups excluding carboxylic acids is 2. The normalized spacial score (nSPS) is 10.7. The van der Waals surface area contributed by atoms with Gasteiger partial charge in [-0.3, -0.25) is 14.5 Å². The van der Waals surface area contributed by atoms with Gasteiger partial charge < -0.3 is 10.6 Å². The van der Waals surface area contributed by atoms with Gasteiger partial charge in [0.05, 0.1) is 12.2 Å². The number of nitrogens with zero attached hydrogens (tertiary/aromatic N) is 1. The van der Waals surface area contributed by atoms with E-state index in [0.29, 0.717) is 6.54 Å². The van der Waals surface area contributed by atoms with Gasteiger partial charge in [0.25, 0.3) is 0 Å². The van der Waals surface area contributed by atoms with Crippen LogP contribution in [0.1, 0.15) is 23.1 Å². The second-order valence-electron chi connectivity index (χ2n) is 6.84.